The molecule has 4 nitrogen and oxygen atoms in total. The number of primary amides is 1. The van der Waals surface area contributed by atoms with E-state index in [1.165, 1.54) is 19.2 Å². The Bertz CT molecular complexity index is 309. The summed E-state index contributed by atoms with van der Waals surface area (Å²) in [4.78, 5) is 21.8. The summed E-state index contributed by atoms with van der Waals surface area (Å²) in [6.45, 7) is 7.50. The number of carbonyl (C=O) groups excluding carboxylic acids is 2. The highest BCUT2D eigenvalue weighted by Gasteiger charge is 2.05. The van der Waals surface area contributed by atoms with Gasteiger partial charge in [-0.2, -0.15) is 0 Å². The van der Waals surface area contributed by atoms with Crippen molar-refractivity contribution in [2.75, 3.05) is 0 Å². The first-order chi connectivity index (χ1) is 6.72. The number of hydrogen-bond acceptors (Lipinski definition) is 2. The maximum Gasteiger partial charge on any atom is 0.247 e. The van der Waals surface area contributed by atoms with Gasteiger partial charge in [0.05, 0.1) is 0 Å². The summed E-state index contributed by atoms with van der Waals surface area (Å²) in [5, 5.41) is 2.45. The van der Waals surface area contributed by atoms with E-state index < -0.39 is 5.91 Å². The van der Waals surface area contributed by atoms with Crippen LogP contribution in [0, 0.1) is 5.41 Å². The first kappa shape index (κ1) is 13.4. The number of amides is 2. The Morgan fingerprint density at radius 3 is 2.20 bits per heavy atom. The minimum absolute atomic E-state index is 0.0419. The third-order valence-corrected chi connectivity index (χ3v) is 1.55. The van der Waals surface area contributed by atoms with Crippen molar-refractivity contribution in [1.82, 2.24) is 5.32 Å². The molecule has 15 heavy (non-hydrogen) atoms. The van der Waals surface area contributed by atoms with Gasteiger partial charge < -0.3 is 11.1 Å². The molecule has 0 aliphatic carbocycles. The van der Waals surface area contributed by atoms with E-state index in [0.717, 1.165) is 0 Å². The lowest BCUT2D eigenvalue weighted by atomic mass is 9.96. The van der Waals surface area contributed by atoms with Gasteiger partial charge in [0.1, 0.15) is 0 Å². The van der Waals surface area contributed by atoms with Gasteiger partial charge in [0.2, 0.25) is 11.8 Å². The van der Waals surface area contributed by atoms with Crippen LogP contribution in [-0.4, -0.2) is 11.8 Å². The molecule has 84 valence electrons. The summed E-state index contributed by atoms with van der Waals surface area (Å²) in [7, 11) is 0. The fourth-order valence-corrected chi connectivity index (χ4v) is 0.624. The fraction of sp³-hybridized carbons (Fsp3) is 0.455. The second kappa shape index (κ2) is 5.34. The molecule has 0 aromatic rings. The molecule has 0 aliphatic rings. The molecular weight excluding hydrogens is 192 g/mol. The molecule has 0 bridgehead atoms. The molecule has 0 aromatic carbocycles. The Kier molecular flexibility index (Phi) is 4.78. The lowest BCUT2D eigenvalue weighted by molar-refractivity contribution is -0.115. The molecule has 0 heterocycles. The summed E-state index contributed by atoms with van der Waals surface area (Å²) in [5.74, 6) is -0.819. The van der Waals surface area contributed by atoms with E-state index in [1.807, 2.05) is 20.8 Å². The number of nitrogens with one attached hydrogen (secondary N) is 1. The van der Waals surface area contributed by atoms with Crippen LogP contribution < -0.4 is 11.1 Å². The molecular formula is C11H18N2O2. The Hall–Kier alpha value is -1.58. The van der Waals surface area contributed by atoms with E-state index in [-0.39, 0.29) is 11.3 Å². The van der Waals surface area contributed by atoms with Crippen molar-refractivity contribution in [2.24, 2.45) is 11.1 Å². The third-order valence-electron chi connectivity index (χ3n) is 1.55. The lowest BCUT2D eigenvalue weighted by Crippen LogP contribution is -2.19. The topological polar surface area (TPSA) is 72.2 Å². The highest BCUT2D eigenvalue weighted by atomic mass is 16.2. The molecule has 0 aromatic heterocycles. The zero-order valence-corrected chi connectivity index (χ0v) is 9.63. The molecule has 0 saturated heterocycles. The zero-order valence-electron chi connectivity index (χ0n) is 9.63. The molecule has 2 amide bonds. The molecule has 0 fully saturated rings. The number of nitrogens with two attached hydrogens (primary N) is 1. The van der Waals surface area contributed by atoms with E-state index in [1.54, 1.807) is 6.08 Å². The summed E-state index contributed by atoms with van der Waals surface area (Å²) in [6.07, 6.45) is 4.53. The average molecular weight is 210 g/mol. The molecule has 4 heteroatoms. The second-order valence-electron chi connectivity index (χ2n) is 4.40. The van der Waals surface area contributed by atoms with Crippen molar-refractivity contribution in [1.29, 1.82) is 0 Å². The highest BCUT2D eigenvalue weighted by molar-refractivity contribution is 5.93. The predicted octanol–water partition coefficient (Wildman–Crippen LogP) is 1.09. The number of allylic oxidation sites excluding steroid dienone is 1. The van der Waals surface area contributed by atoms with Crippen molar-refractivity contribution in [2.45, 2.75) is 27.7 Å². The smallest absolute Gasteiger partial charge is 0.247 e. The van der Waals surface area contributed by atoms with E-state index in [2.05, 4.69) is 5.32 Å². The molecule has 0 spiro atoms. The SMILES string of the molecule is CC(=CNC(=O)C=CC(C)(C)C)C(N)=O. The molecule has 0 unspecified atom stereocenters. The average Bonchev–Trinajstić information content (AvgIpc) is 2.09. The molecule has 0 saturated carbocycles. The molecule has 3 N–H and O–H groups in total. The monoisotopic (exact) mass is 210 g/mol. The van der Waals surface area contributed by atoms with Gasteiger partial charge in [-0.05, 0) is 18.4 Å². The van der Waals surface area contributed by atoms with Crippen LogP contribution in [0.25, 0.3) is 0 Å². The Balaban J connectivity index is 4.24. The first-order valence-corrected chi connectivity index (χ1v) is 4.68. The van der Waals surface area contributed by atoms with Crippen LogP contribution in [0.3, 0.4) is 0 Å². The first-order valence-electron chi connectivity index (χ1n) is 4.68. The van der Waals surface area contributed by atoms with Crippen LogP contribution in [-0.2, 0) is 9.59 Å². The largest absolute Gasteiger partial charge is 0.366 e. The van der Waals surface area contributed by atoms with Gasteiger partial charge in [0.15, 0.2) is 0 Å². The minimum atomic E-state index is -0.546. The molecule has 0 atom stereocenters. The van der Waals surface area contributed by atoms with E-state index >= 15 is 0 Å². The van der Waals surface area contributed by atoms with Gasteiger partial charge >= 0.3 is 0 Å². The van der Waals surface area contributed by atoms with Crippen molar-refractivity contribution in [3.05, 3.63) is 23.9 Å². The van der Waals surface area contributed by atoms with Crippen LogP contribution in [0.5, 0.6) is 0 Å². The highest BCUT2D eigenvalue weighted by Crippen LogP contribution is 2.13. The van der Waals surface area contributed by atoms with E-state index in [9.17, 15) is 9.59 Å². The molecule has 0 aliphatic heterocycles. The zero-order chi connectivity index (χ0) is 12.1. The normalized spacial score (nSPS) is 12.9. The van der Waals surface area contributed by atoms with Gasteiger partial charge in [-0.15, -0.1) is 0 Å². The number of hydrogen-bond donors (Lipinski definition) is 2. The van der Waals surface area contributed by atoms with Gasteiger partial charge in [-0.25, -0.2) is 0 Å². The number of carbonyl (C=O) groups is 2. The summed E-state index contributed by atoms with van der Waals surface area (Å²) in [5.41, 5.74) is 5.26. The summed E-state index contributed by atoms with van der Waals surface area (Å²) in [6, 6.07) is 0. The van der Waals surface area contributed by atoms with Gasteiger partial charge in [-0.1, -0.05) is 26.8 Å². The predicted molar refractivity (Wildman–Crippen MR) is 59.7 cm³/mol. The maximum absolute atomic E-state index is 11.2. The van der Waals surface area contributed by atoms with Crippen LogP contribution in [0.15, 0.2) is 23.9 Å². The second-order valence-corrected chi connectivity index (χ2v) is 4.40. The molecule has 0 rings (SSSR count). The maximum atomic E-state index is 11.2. The van der Waals surface area contributed by atoms with Crippen LogP contribution in [0.1, 0.15) is 27.7 Å². The Morgan fingerprint density at radius 1 is 1.27 bits per heavy atom. The fourth-order valence-electron chi connectivity index (χ4n) is 0.624. The van der Waals surface area contributed by atoms with Crippen LogP contribution in [0.4, 0.5) is 0 Å². The standard InChI is InChI=1S/C11H18N2O2/c1-8(10(12)15)7-13-9(14)5-6-11(2,3)4/h5-7H,1-4H3,(H2,12,15)(H,13,14). The third kappa shape index (κ3) is 7.49. The summed E-state index contributed by atoms with van der Waals surface area (Å²) < 4.78 is 0. The van der Waals surface area contributed by atoms with Gasteiger partial charge in [0.25, 0.3) is 0 Å². The van der Waals surface area contributed by atoms with Crippen molar-refractivity contribution >= 4 is 11.8 Å². The van der Waals surface area contributed by atoms with Crippen LogP contribution >= 0.6 is 0 Å². The quantitative estimate of drug-likeness (QED) is 0.684. The Labute approximate surface area is 90.2 Å². The number of rotatable bonds is 3. The lowest BCUT2D eigenvalue weighted by Gasteiger charge is -2.10. The van der Waals surface area contributed by atoms with Gasteiger partial charge in [0, 0.05) is 11.8 Å². The van der Waals surface area contributed by atoms with Gasteiger partial charge in [-0.3, -0.25) is 9.59 Å². The van der Waals surface area contributed by atoms with E-state index in [0.29, 0.717) is 5.57 Å². The van der Waals surface area contributed by atoms with Crippen LogP contribution in [0.2, 0.25) is 0 Å². The van der Waals surface area contributed by atoms with Crippen molar-refractivity contribution in [3.63, 3.8) is 0 Å². The minimum Gasteiger partial charge on any atom is -0.366 e. The Morgan fingerprint density at radius 2 is 1.80 bits per heavy atom. The van der Waals surface area contributed by atoms with E-state index in [4.69, 9.17) is 5.73 Å². The summed E-state index contributed by atoms with van der Waals surface area (Å²) >= 11 is 0. The molecule has 0 radical (unpaired) electrons. The van der Waals surface area contributed by atoms with Crippen molar-refractivity contribution < 1.29 is 9.59 Å². The van der Waals surface area contributed by atoms with Crippen molar-refractivity contribution in [3.8, 4) is 0 Å².